The molecule has 0 fully saturated rings. The van der Waals surface area contributed by atoms with Gasteiger partial charge < -0.3 is 15.4 Å². The molecule has 4 nitrogen and oxygen atoms in total. The van der Waals surface area contributed by atoms with Gasteiger partial charge in [-0.15, -0.1) is 0 Å². The molecule has 1 aromatic carbocycles. The van der Waals surface area contributed by atoms with Crippen LogP contribution in [0.25, 0.3) is 0 Å². The third-order valence-electron chi connectivity index (χ3n) is 3.12. The highest BCUT2D eigenvalue weighted by atomic mass is 16.5. The summed E-state index contributed by atoms with van der Waals surface area (Å²) in [5.74, 6) is 0.0391. The van der Waals surface area contributed by atoms with E-state index in [0.717, 1.165) is 24.3 Å². The first-order valence-corrected chi connectivity index (χ1v) is 6.51. The van der Waals surface area contributed by atoms with Crippen molar-refractivity contribution in [3.8, 4) is 0 Å². The molecule has 4 heteroatoms. The molecule has 1 amide bonds. The zero-order valence-corrected chi connectivity index (χ0v) is 10.7. The van der Waals surface area contributed by atoms with E-state index in [1.165, 1.54) is 0 Å². The number of benzene rings is 1. The SMILES string of the molecule is CCOCCCNC(=O)C1CNc2ccccc21. The lowest BCUT2D eigenvalue weighted by Crippen LogP contribution is -2.31. The van der Waals surface area contributed by atoms with Gasteiger partial charge in [0, 0.05) is 32.0 Å². The van der Waals surface area contributed by atoms with Gasteiger partial charge in [-0.25, -0.2) is 0 Å². The van der Waals surface area contributed by atoms with Crippen LogP contribution in [0.2, 0.25) is 0 Å². The molecule has 1 unspecified atom stereocenters. The fourth-order valence-corrected chi connectivity index (χ4v) is 2.17. The molecule has 0 bridgehead atoms. The third-order valence-corrected chi connectivity index (χ3v) is 3.12. The molecule has 2 rings (SSSR count). The number of hydrogen-bond acceptors (Lipinski definition) is 3. The maximum Gasteiger partial charge on any atom is 0.229 e. The van der Waals surface area contributed by atoms with Crippen LogP contribution in [0.5, 0.6) is 0 Å². The highest BCUT2D eigenvalue weighted by Gasteiger charge is 2.27. The standard InChI is InChI=1S/C14H20N2O2/c1-2-18-9-5-8-15-14(17)12-10-16-13-7-4-3-6-11(12)13/h3-4,6-7,12,16H,2,5,8-10H2,1H3,(H,15,17). The minimum absolute atomic E-state index is 0.0618. The Morgan fingerprint density at radius 1 is 1.50 bits per heavy atom. The number of para-hydroxylation sites is 1. The van der Waals surface area contributed by atoms with Gasteiger partial charge in [-0.3, -0.25) is 4.79 Å². The molecule has 0 radical (unpaired) electrons. The topological polar surface area (TPSA) is 50.4 Å². The summed E-state index contributed by atoms with van der Waals surface area (Å²) in [5, 5.41) is 6.22. The van der Waals surface area contributed by atoms with Crippen LogP contribution in [-0.2, 0) is 9.53 Å². The zero-order valence-electron chi connectivity index (χ0n) is 10.7. The Morgan fingerprint density at radius 2 is 2.33 bits per heavy atom. The molecule has 1 aliphatic rings. The molecule has 1 atom stereocenters. The molecule has 2 N–H and O–H groups in total. The fraction of sp³-hybridized carbons (Fsp3) is 0.500. The minimum atomic E-state index is -0.0618. The van der Waals surface area contributed by atoms with Crippen molar-refractivity contribution in [2.24, 2.45) is 0 Å². The average molecular weight is 248 g/mol. The first-order chi connectivity index (χ1) is 8.83. The van der Waals surface area contributed by atoms with Crippen LogP contribution in [0.15, 0.2) is 24.3 Å². The number of hydrogen-bond donors (Lipinski definition) is 2. The second-order valence-electron chi connectivity index (χ2n) is 4.36. The van der Waals surface area contributed by atoms with Crippen molar-refractivity contribution in [3.63, 3.8) is 0 Å². The number of anilines is 1. The summed E-state index contributed by atoms with van der Waals surface area (Å²) in [6.07, 6.45) is 0.862. The molecule has 0 saturated heterocycles. The van der Waals surface area contributed by atoms with E-state index in [1.807, 2.05) is 31.2 Å². The van der Waals surface area contributed by atoms with Gasteiger partial charge in [-0.1, -0.05) is 18.2 Å². The van der Waals surface area contributed by atoms with E-state index >= 15 is 0 Å². The van der Waals surface area contributed by atoms with Crippen molar-refractivity contribution in [1.29, 1.82) is 0 Å². The lowest BCUT2D eigenvalue weighted by Gasteiger charge is -2.11. The number of rotatable bonds is 6. The molecule has 1 aromatic rings. The predicted octanol–water partition coefficient (Wildman–Crippen LogP) is 1.74. The zero-order chi connectivity index (χ0) is 12.8. The highest BCUT2D eigenvalue weighted by Crippen LogP contribution is 2.30. The molecule has 0 saturated carbocycles. The number of amides is 1. The van der Waals surface area contributed by atoms with E-state index in [4.69, 9.17) is 4.74 Å². The van der Waals surface area contributed by atoms with Crippen molar-refractivity contribution in [3.05, 3.63) is 29.8 Å². The molecular weight excluding hydrogens is 228 g/mol. The lowest BCUT2D eigenvalue weighted by atomic mass is 10.0. The van der Waals surface area contributed by atoms with Crippen LogP contribution in [0.3, 0.4) is 0 Å². The monoisotopic (exact) mass is 248 g/mol. The van der Waals surface area contributed by atoms with Gasteiger partial charge in [0.15, 0.2) is 0 Å². The van der Waals surface area contributed by atoms with Gasteiger partial charge in [0.2, 0.25) is 5.91 Å². The van der Waals surface area contributed by atoms with Crippen LogP contribution in [-0.4, -0.2) is 32.2 Å². The Labute approximate surface area is 108 Å². The van der Waals surface area contributed by atoms with Gasteiger partial charge in [0.25, 0.3) is 0 Å². The molecule has 1 heterocycles. The van der Waals surface area contributed by atoms with Crippen LogP contribution in [0, 0.1) is 0 Å². The summed E-state index contributed by atoms with van der Waals surface area (Å²) >= 11 is 0. The van der Waals surface area contributed by atoms with Gasteiger partial charge in [0.1, 0.15) is 0 Å². The molecule has 0 aliphatic carbocycles. The predicted molar refractivity (Wildman–Crippen MR) is 71.8 cm³/mol. The van der Waals surface area contributed by atoms with E-state index in [0.29, 0.717) is 19.7 Å². The molecule has 0 spiro atoms. The lowest BCUT2D eigenvalue weighted by molar-refractivity contribution is -0.122. The smallest absolute Gasteiger partial charge is 0.229 e. The van der Waals surface area contributed by atoms with Crippen molar-refractivity contribution in [2.75, 3.05) is 31.6 Å². The Hall–Kier alpha value is -1.55. The van der Waals surface area contributed by atoms with Crippen LogP contribution < -0.4 is 10.6 Å². The molecule has 18 heavy (non-hydrogen) atoms. The summed E-state index contributed by atoms with van der Waals surface area (Å²) in [4.78, 5) is 12.0. The first kappa shape index (κ1) is 12.9. The van der Waals surface area contributed by atoms with Crippen LogP contribution >= 0.6 is 0 Å². The Balaban J connectivity index is 1.80. The molecule has 0 aromatic heterocycles. The maximum absolute atomic E-state index is 12.0. The Kier molecular flexibility index (Phi) is 4.59. The summed E-state index contributed by atoms with van der Waals surface area (Å²) < 4.78 is 5.23. The van der Waals surface area contributed by atoms with Crippen molar-refractivity contribution < 1.29 is 9.53 Å². The fourth-order valence-electron chi connectivity index (χ4n) is 2.17. The maximum atomic E-state index is 12.0. The molecule has 98 valence electrons. The van der Waals surface area contributed by atoms with Crippen molar-refractivity contribution in [2.45, 2.75) is 19.3 Å². The summed E-state index contributed by atoms with van der Waals surface area (Å²) in [6, 6.07) is 7.98. The summed E-state index contributed by atoms with van der Waals surface area (Å²) in [6.45, 7) is 4.78. The summed E-state index contributed by atoms with van der Waals surface area (Å²) in [5.41, 5.74) is 2.17. The quantitative estimate of drug-likeness (QED) is 0.754. The second-order valence-corrected chi connectivity index (χ2v) is 4.36. The second kappa shape index (κ2) is 6.40. The number of nitrogens with one attached hydrogen (secondary N) is 2. The van der Waals surface area contributed by atoms with E-state index in [1.54, 1.807) is 0 Å². The highest BCUT2D eigenvalue weighted by molar-refractivity contribution is 5.88. The number of carbonyl (C=O) groups excluding carboxylic acids is 1. The van der Waals surface area contributed by atoms with Gasteiger partial charge in [-0.2, -0.15) is 0 Å². The third kappa shape index (κ3) is 3.01. The number of fused-ring (bicyclic) bond motifs is 1. The van der Waals surface area contributed by atoms with E-state index in [2.05, 4.69) is 10.6 Å². The minimum Gasteiger partial charge on any atom is -0.384 e. The largest absolute Gasteiger partial charge is 0.384 e. The van der Waals surface area contributed by atoms with Crippen LogP contribution in [0.1, 0.15) is 24.8 Å². The van der Waals surface area contributed by atoms with Crippen LogP contribution in [0.4, 0.5) is 5.69 Å². The van der Waals surface area contributed by atoms with Gasteiger partial charge >= 0.3 is 0 Å². The number of ether oxygens (including phenoxy) is 1. The van der Waals surface area contributed by atoms with E-state index in [9.17, 15) is 4.79 Å². The average Bonchev–Trinajstić information content (AvgIpc) is 2.82. The normalized spacial score (nSPS) is 17.1. The first-order valence-electron chi connectivity index (χ1n) is 6.51. The van der Waals surface area contributed by atoms with Gasteiger partial charge in [-0.05, 0) is 25.0 Å². The van der Waals surface area contributed by atoms with E-state index in [-0.39, 0.29) is 11.8 Å². The van der Waals surface area contributed by atoms with Crippen molar-refractivity contribution >= 4 is 11.6 Å². The Morgan fingerprint density at radius 3 is 3.17 bits per heavy atom. The van der Waals surface area contributed by atoms with E-state index < -0.39 is 0 Å². The summed E-state index contributed by atoms with van der Waals surface area (Å²) in [7, 11) is 0. The van der Waals surface area contributed by atoms with Gasteiger partial charge in [0.05, 0.1) is 5.92 Å². The molecular formula is C14H20N2O2. The van der Waals surface area contributed by atoms with Crippen molar-refractivity contribution in [1.82, 2.24) is 5.32 Å². The molecule has 1 aliphatic heterocycles. The Bertz CT molecular complexity index is 407. The number of carbonyl (C=O) groups is 1.